The minimum absolute atomic E-state index is 0.145. The van der Waals surface area contributed by atoms with E-state index >= 15 is 0 Å². The van der Waals surface area contributed by atoms with Crippen molar-refractivity contribution < 1.29 is 9.53 Å². The monoisotopic (exact) mass is 289 g/mol. The Morgan fingerprint density at radius 2 is 1.90 bits per heavy atom. The molecule has 1 aliphatic carbocycles. The number of ether oxygens (including phenoxy) is 1. The molecule has 0 saturated carbocycles. The molecule has 1 N–H and O–H groups in total. The second-order valence-corrected chi connectivity index (χ2v) is 6.69. The highest BCUT2D eigenvalue weighted by Crippen LogP contribution is 2.46. The number of hydrogen-bond acceptors (Lipinski definition) is 3. The first-order valence-electron chi connectivity index (χ1n) is 7.87. The molecule has 2 rings (SSSR count). The predicted molar refractivity (Wildman–Crippen MR) is 85.3 cm³/mol. The lowest BCUT2D eigenvalue weighted by atomic mass is 9.64. The van der Waals surface area contributed by atoms with Crippen LogP contribution in [0.4, 0.5) is 0 Å². The maximum Gasteiger partial charge on any atom is 0.307 e. The Balaban J connectivity index is 2.47. The molecule has 0 amide bonds. The van der Waals surface area contributed by atoms with Gasteiger partial charge in [-0.05, 0) is 42.3 Å². The van der Waals surface area contributed by atoms with Crippen LogP contribution in [0.3, 0.4) is 0 Å². The van der Waals surface area contributed by atoms with E-state index in [-0.39, 0.29) is 16.9 Å². The smallest absolute Gasteiger partial charge is 0.307 e. The Labute approximate surface area is 128 Å². The standard InChI is InChI=1S/C18H27NO2/c1-5-12-19-18(13-16(20)21-4)11-10-17(2,3)14-8-6-7-9-15(14)18/h6-9,19H,5,10-13H2,1-4H3. The summed E-state index contributed by atoms with van der Waals surface area (Å²) in [4.78, 5) is 12.0. The molecule has 0 bridgehead atoms. The van der Waals surface area contributed by atoms with Gasteiger partial charge in [-0.15, -0.1) is 0 Å². The first kappa shape index (κ1) is 16.0. The molecule has 1 unspecified atom stereocenters. The summed E-state index contributed by atoms with van der Waals surface area (Å²) in [5.41, 5.74) is 2.49. The average Bonchev–Trinajstić information content (AvgIpc) is 2.49. The fourth-order valence-electron chi connectivity index (χ4n) is 3.40. The Morgan fingerprint density at radius 1 is 1.24 bits per heavy atom. The van der Waals surface area contributed by atoms with Crippen LogP contribution in [0.25, 0.3) is 0 Å². The molecule has 0 fully saturated rings. The summed E-state index contributed by atoms with van der Waals surface area (Å²) in [7, 11) is 1.47. The molecule has 0 aromatic heterocycles. The third kappa shape index (κ3) is 3.13. The van der Waals surface area contributed by atoms with E-state index in [2.05, 4.69) is 50.4 Å². The molecule has 0 spiro atoms. The summed E-state index contributed by atoms with van der Waals surface area (Å²) in [6.45, 7) is 7.63. The Bertz CT molecular complexity index is 510. The van der Waals surface area contributed by atoms with Gasteiger partial charge in [-0.2, -0.15) is 0 Å². The minimum Gasteiger partial charge on any atom is -0.469 e. The van der Waals surface area contributed by atoms with Gasteiger partial charge < -0.3 is 10.1 Å². The zero-order chi connectivity index (χ0) is 15.5. The number of fused-ring (bicyclic) bond motifs is 1. The van der Waals surface area contributed by atoms with Crippen LogP contribution in [0.2, 0.25) is 0 Å². The summed E-state index contributed by atoms with van der Waals surface area (Å²) < 4.78 is 4.95. The van der Waals surface area contributed by atoms with Gasteiger partial charge in [0.1, 0.15) is 0 Å². The average molecular weight is 289 g/mol. The van der Waals surface area contributed by atoms with Gasteiger partial charge in [0.05, 0.1) is 19.1 Å². The summed E-state index contributed by atoms with van der Waals surface area (Å²) in [6.07, 6.45) is 3.48. The molecule has 1 aliphatic rings. The zero-order valence-corrected chi connectivity index (χ0v) is 13.7. The third-order valence-corrected chi connectivity index (χ3v) is 4.74. The van der Waals surface area contributed by atoms with Gasteiger partial charge in [0.25, 0.3) is 0 Å². The van der Waals surface area contributed by atoms with Crippen LogP contribution in [0.5, 0.6) is 0 Å². The lowest BCUT2D eigenvalue weighted by Gasteiger charge is -2.45. The van der Waals surface area contributed by atoms with Crippen LogP contribution in [0.1, 0.15) is 57.6 Å². The van der Waals surface area contributed by atoms with E-state index in [9.17, 15) is 4.79 Å². The number of benzene rings is 1. The van der Waals surface area contributed by atoms with Gasteiger partial charge in [-0.25, -0.2) is 0 Å². The highest BCUT2D eigenvalue weighted by atomic mass is 16.5. The predicted octanol–water partition coefficient (Wildman–Crippen LogP) is 3.52. The van der Waals surface area contributed by atoms with Crippen molar-refractivity contribution in [2.24, 2.45) is 0 Å². The summed E-state index contributed by atoms with van der Waals surface area (Å²) in [5, 5.41) is 3.64. The Hall–Kier alpha value is -1.35. The van der Waals surface area contributed by atoms with Crippen LogP contribution in [-0.2, 0) is 20.5 Å². The number of esters is 1. The van der Waals surface area contributed by atoms with E-state index in [0.717, 1.165) is 25.8 Å². The maximum atomic E-state index is 12.0. The van der Waals surface area contributed by atoms with Crippen LogP contribution in [-0.4, -0.2) is 19.6 Å². The van der Waals surface area contributed by atoms with E-state index in [1.54, 1.807) is 0 Å². The fourth-order valence-corrected chi connectivity index (χ4v) is 3.40. The van der Waals surface area contributed by atoms with Gasteiger partial charge in [0.2, 0.25) is 0 Å². The number of carbonyl (C=O) groups excluding carboxylic acids is 1. The molecule has 0 saturated heterocycles. The maximum absolute atomic E-state index is 12.0. The minimum atomic E-state index is -0.283. The van der Waals surface area contributed by atoms with Gasteiger partial charge in [-0.1, -0.05) is 45.0 Å². The van der Waals surface area contributed by atoms with Crippen LogP contribution < -0.4 is 5.32 Å². The first-order valence-corrected chi connectivity index (χ1v) is 7.87. The summed E-state index contributed by atoms with van der Waals surface area (Å²) >= 11 is 0. The first-order chi connectivity index (χ1) is 9.95. The normalized spacial score (nSPS) is 23.4. The molecule has 21 heavy (non-hydrogen) atoms. The van der Waals surface area contributed by atoms with Crippen molar-refractivity contribution >= 4 is 5.97 Å². The van der Waals surface area contributed by atoms with Gasteiger partial charge >= 0.3 is 5.97 Å². The van der Waals surface area contributed by atoms with Crippen LogP contribution in [0, 0.1) is 0 Å². The number of methoxy groups -OCH3 is 1. The Kier molecular flexibility index (Phi) is 4.72. The molecule has 3 nitrogen and oxygen atoms in total. The van der Waals surface area contributed by atoms with Crippen molar-refractivity contribution in [3.8, 4) is 0 Å². The van der Waals surface area contributed by atoms with Crippen molar-refractivity contribution in [2.45, 2.75) is 57.4 Å². The molecule has 1 aromatic rings. The number of hydrogen-bond donors (Lipinski definition) is 1. The molecular weight excluding hydrogens is 262 g/mol. The summed E-state index contributed by atoms with van der Waals surface area (Å²) in [6, 6.07) is 8.53. The van der Waals surface area contributed by atoms with Gasteiger partial charge in [0, 0.05) is 0 Å². The van der Waals surface area contributed by atoms with Crippen molar-refractivity contribution in [1.82, 2.24) is 5.32 Å². The fraction of sp³-hybridized carbons (Fsp3) is 0.611. The second-order valence-electron chi connectivity index (χ2n) is 6.69. The lowest BCUT2D eigenvalue weighted by molar-refractivity contribution is -0.142. The number of rotatable bonds is 5. The highest BCUT2D eigenvalue weighted by molar-refractivity contribution is 5.71. The highest BCUT2D eigenvalue weighted by Gasteiger charge is 2.43. The van der Waals surface area contributed by atoms with E-state index in [4.69, 9.17) is 4.74 Å². The van der Waals surface area contributed by atoms with E-state index in [1.165, 1.54) is 18.2 Å². The molecule has 1 atom stereocenters. The molecule has 3 heteroatoms. The van der Waals surface area contributed by atoms with Crippen molar-refractivity contribution in [1.29, 1.82) is 0 Å². The topological polar surface area (TPSA) is 38.3 Å². The van der Waals surface area contributed by atoms with E-state index in [1.807, 2.05) is 0 Å². The molecular formula is C18H27NO2. The largest absolute Gasteiger partial charge is 0.469 e. The lowest BCUT2D eigenvalue weighted by Crippen LogP contribution is -2.49. The van der Waals surface area contributed by atoms with Crippen molar-refractivity contribution in [2.75, 3.05) is 13.7 Å². The molecule has 0 radical (unpaired) electrons. The van der Waals surface area contributed by atoms with Crippen molar-refractivity contribution in [3.05, 3.63) is 35.4 Å². The zero-order valence-electron chi connectivity index (χ0n) is 13.7. The summed E-state index contributed by atoms with van der Waals surface area (Å²) in [5.74, 6) is -0.145. The van der Waals surface area contributed by atoms with Crippen LogP contribution >= 0.6 is 0 Å². The molecule has 1 aromatic carbocycles. The number of nitrogens with one attached hydrogen (secondary N) is 1. The van der Waals surface area contributed by atoms with Gasteiger partial charge in [0.15, 0.2) is 0 Å². The SMILES string of the molecule is CCCNC1(CC(=O)OC)CCC(C)(C)c2ccccc21. The van der Waals surface area contributed by atoms with Crippen LogP contribution in [0.15, 0.2) is 24.3 Å². The second kappa shape index (κ2) is 6.18. The molecule has 116 valence electrons. The quantitative estimate of drug-likeness (QED) is 0.843. The number of carbonyl (C=O) groups is 1. The van der Waals surface area contributed by atoms with Gasteiger partial charge in [-0.3, -0.25) is 4.79 Å². The Morgan fingerprint density at radius 3 is 2.52 bits per heavy atom. The van der Waals surface area contributed by atoms with E-state index < -0.39 is 0 Å². The van der Waals surface area contributed by atoms with Crippen molar-refractivity contribution in [3.63, 3.8) is 0 Å². The molecule has 0 heterocycles. The molecule has 0 aliphatic heterocycles. The third-order valence-electron chi connectivity index (χ3n) is 4.74. The van der Waals surface area contributed by atoms with E-state index in [0.29, 0.717) is 6.42 Å².